The standard InChI is InChI=1S/C16H15FN2O2S/c17-11-5-3-10(4-6-11)15-12(7-8-14(20)19-15)18-16(21)13-2-1-9-22-13/h1-6,9,12,15H,7-8H2,(H,18,21)(H,19,20). The Labute approximate surface area is 131 Å². The summed E-state index contributed by atoms with van der Waals surface area (Å²) < 4.78 is 13.1. The summed E-state index contributed by atoms with van der Waals surface area (Å²) in [5, 5.41) is 7.69. The molecule has 1 saturated heterocycles. The van der Waals surface area contributed by atoms with Gasteiger partial charge in [-0.3, -0.25) is 9.59 Å². The molecule has 1 fully saturated rings. The molecule has 0 bridgehead atoms. The zero-order valence-electron chi connectivity index (χ0n) is 11.7. The average molecular weight is 318 g/mol. The van der Waals surface area contributed by atoms with Crippen LogP contribution in [0.15, 0.2) is 41.8 Å². The number of thiophene rings is 1. The predicted molar refractivity (Wildman–Crippen MR) is 82.1 cm³/mol. The average Bonchev–Trinajstić information content (AvgIpc) is 3.04. The molecule has 2 amide bonds. The summed E-state index contributed by atoms with van der Waals surface area (Å²) in [6.45, 7) is 0. The van der Waals surface area contributed by atoms with Crippen molar-refractivity contribution in [2.24, 2.45) is 0 Å². The smallest absolute Gasteiger partial charge is 0.261 e. The fourth-order valence-corrected chi connectivity index (χ4v) is 3.21. The van der Waals surface area contributed by atoms with Crippen molar-refractivity contribution in [1.29, 1.82) is 0 Å². The number of carbonyl (C=O) groups excluding carboxylic acids is 2. The molecule has 0 radical (unpaired) electrons. The van der Waals surface area contributed by atoms with Gasteiger partial charge in [-0.15, -0.1) is 11.3 Å². The minimum Gasteiger partial charge on any atom is -0.347 e. The van der Waals surface area contributed by atoms with Gasteiger partial charge in [-0.1, -0.05) is 18.2 Å². The maximum Gasteiger partial charge on any atom is 0.261 e. The van der Waals surface area contributed by atoms with E-state index in [1.54, 1.807) is 18.2 Å². The molecule has 0 saturated carbocycles. The molecule has 0 spiro atoms. The van der Waals surface area contributed by atoms with Gasteiger partial charge in [-0.25, -0.2) is 4.39 Å². The van der Waals surface area contributed by atoms with Crippen molar-refractivity contribution in [2.75, 3.05) is 0 Å². The summed E-state index contributed by atoms with van der Waals surface area (Å²) in [6.07, 6.45) is 0.929. The monoisotopic (exact) mass is 318 g/mol. The Bertz CT molecular complexity index is 670. The van der Waals surface area contributed by atoms with E-state index in [4.69, 9.17) is 0 Å². The lowest BCUT2D eigenvalue weighted by Crippen LogP contribution is -2.50. The molecule has 114 valence electrons. The molecule has 22 heavy (non-hydrogen) atoms. The molecule has 4 nitrogen and oxygen atoms in total. The zero-order chi connectivity index (χ0) is 15.5. The number of benzene rings is 1. The van der Waals surface area contributed by atoms with Gasteiger partial charge >= 0.3 is 0 Å². The van der Waals surface area contributed by atoms with E-state index in [0.29, 0.717) is 17.7 Å². The molecule has 2 N–H and O–H groups in total. The van der Waals surface area contributed by atoms with Crippen molar-refractivity contribution in [2.45, 2.75) is 24.9 Å². The van der Waals surface area contributed by atoms with Crippen LogP contribution in [0, 0.1) is 5.82 Å². The topological polar surface area (TPSA) is 58.2 Å². The van der Waals surface area contributed by atoms with Crippen LogP contribution in [-0.4, -0.2) is 17.9 Å². The van der Waals surface area contributed by atoms with Crippen molar-refractivity contribution in [1.82, 2.24) is 10.6 Å². The van der Waals surface area contributed by atoms with E-state index in [1.807, 2.05) is 11.4 Å². The van der Waals surface area contributed by atoms with E-state index >= 15 is 0 Å². The fraction of sp³-hybridized carbons (Fsp3) is 0.250. The van der Waals surface area contributed by atoms with Gasteiger partial charge in [-0.05, 0) is 35.6 Å². The van der Waals surface area contributed by atoms with Gasteiger partial charge < -0.3 is 10.6 Å². The van der Waals surface area contributed by atoms with Crippen LogP contribution in [-0.2, 0) is 4.79 Å². The predicted octanol–water partition coefficient (Wildman–Crippen LogP) is 2.64. The Morgan fingerprint density at radius 1 is 1.27 bits per heavy atom. The molecule has 1 aliphatic rings. The molecule has 2 heterocycles. The second-order valence-electron chi connectivity index (χ2n) is 5.19. The van der Waals surface area contributed by atoms with E-state index in [1.165, 1.54) is 23.5 Å². The molecule has 3 rings (SSSR count). The largest absolute Gasteiger partial charge is 0.347 e. The SMILES string of the molecule is O=C1CCC(NC(=O)c2cccs2)C(c2ccc(F)cc2)N1. The maximum atomic E-state index is 13.1. The van der Waals surface area contributed by atoms with Crippen LogP contribution in [0.5, 0.6) is 0 Å². The highest BCUT2D eigenvalue weighted by Crippen LogP contribution is 2.25. The fourth-order valence-electron chi connectivity index (χ4n) is 2.59. The molecule has 2 unspecified atom stereocenters. The Balaban J connectivity index is 1.79. The lowest BCUT2D eigenvalue weighted by Gasteiger charge is -2.33. The Hall–Kier alpha value is -2.21. The minimum absolute atomic E-state index is 0.0593. The first-order valence-electron chi connectivity index (χ1n) is 7.02. The van der Waals surface area contributed by atoms with Crippen LogP contribution in [0.2, 0.25) is 0 Å². The zero-order valence-corrected chi connectivity index (χ0v) is 12.5. The van der Waals surface area contributed by atoms with Crippen molar-refractivity contribution in [3.05, 3.63) is 58.0 Å². The summed E-state index contributed by atoms with van der Waals surface area (Å²) in [5.41, 5.74) is 0.783. The minimum atomic E-state index is -0.342. The number of hydrogen-bond donors (Lipinski definition) is 2. The van der Waals surface area contributed by atoms with Gasteiger partial charge in [-0.2, -0.15) is 0 Å². The van der Waals surface area contributed by atoms with Crippen LogP contribution in [0.4, 0.5) is 4.39 Å². The molecule has 2 aromatic rings. The second-order valence-corrected chi connectivity index (χ2v) is 6.14. The highest BCUT2D eigenvalue weighted by molar-refractivity contribution is 7.12. The summed E-state index contributed by atoms with van der Waals surface area (Å²) >= 11 is 1.37. The van der Waals surface area contributed by atoms with Crippen LogP contribution in [0.25, 0.3) is 0 Å². The third-order valence-electron chi connectivity index (χ3n) is 3.69. The van der Waals surface area contributed by atoms with Gasteiger partial charge in [0.1, 0.15) is 5.82 Å². The quantitative estimate of drug-likeness (QED) is 0.914. The second kappa shape index (κ2) is 6.27. The van der Waals surface area contributed by atoms with Gasteiger partial charge in [0.2, 0.25) is 5.91 Å². The summed E-state index contributed by atoms with van der Waals surface area (Å²) in [6, 6.07) is 9.01. The van der Waals surface area contributed by atoms with Crippen LogP contribution >= 0.6 is 11.3 Å². The van der Waals surface area contributed by atoms with Gasteiger partial charge in [0.05, 0.1) is 17.0 Å². The third kappa shape index (κ3) is 3.17. The van der Waals surface area contributed by atoms with Gasteiger partial charge in [0.25, 0.3) is 5.91 Å². The van der Waals surface area contributed by atoms with E-state index in [2.05, 4.69) is 10.6 Å². The molecule has 1 aromatic heterocycles. The van der Waals surface area contributed by atoms with Crippen molar-refractivity contribution >= 4 is 23.2 Å². The third-order valence-corrected chi connectivity index (χ3v) is 4.56. The lowest BCUT2D eigenvalue weighted by atomic mass is 9.92. The summed E-state index contributed by atoms with van der Waals surface area (Å²) in [4.78, 5) is 24.5. The molecule has 1 aromatic carbocycles. The molecule has 6 heteroatoms. The first-order valence-corrected chi connectivity index (χ1v) is 7.90. The number of hydrogen-bond acceptors (Lipinski definition) is 3. The van der Waals surface area contributed by atoms with E-state index in [0.717, 1.165) is 5.56 Å². The summed E-state index contributed by atoms with van der Waals surface area (Å²) in [7, 11) is 0. The number of piperidine rings is 1. The number of halogens is 1. The molecule has 2 atom stereocenters. The van der Waals surface area contributed by atoms with Crippen LogP contribution in [0.1, 0.15) is 34.1 Å². The molecular weight excluding hydrogens is 303 g/mol. The maximum absolute atomic E-state index is 13.1. The molecular formula is C16H15FN2O2S. The van der Waals surface area contributed by atoms with E-state index < -0.39 is 0 Å². The molecule has 0 aliphatic carbocycles. The number of nitrogens with one attached hydrogen (secondary N) is 2. The first-order chi connectivity index (χ1) is 10.6. The first kappa shape index (κ1) is 14.7. The van der Waals surface area contributed by atoms with Crippen molar-refractivity contribution in [3.8, 4) is 0 Å². The van der Waals surface area contributed by atoms with Gasteiger partial charge in [0, 0.05) is 6.42 Å². The molecule has 1 aliphatic heterocycles. The van der Waals surface area contributed by atoms with Crippen molar-refractivity contribution < 1.29 is 14.0 Å². The normalized spacial score (nSPS) is 21.2. The number of carbonyl (C=O) groups is 2. The van der Waals surface area contributed by atoms with Crippen LogP contribution in [0.3, 0.4) is 0 Å². The number of rotatable bonds is 3. The highest BCUT2D eigenvalue weighted by atomic mass is 32.1. The van der Waals surface area contributed by atoms with Crippen molar-refractivity contribution in [3.63, 3.8) is 0 Å². The highest BCUT2D eigenvalue weighted by Gasteiger charge is 2.31. The van der Waals surface area contributed by atoms with Gasteiger partial charge in [0.15, 0.2) is 0 Å². The van der Waals surface area contributed by atoms with E-state index in [9.17, 15) is 14.0 Å². The summed E-state index contributed by atoms with van der Waals surface area (Å²) in [5.74, 6) is -0.538. The lowest BCUT2D eigenvalue weighted by molar-refractivity contribution is -0.123. The Morgan fingerprint density at radius 2 is 2.05 bits per heavy atom. The van der Waals surface area contributed by atoms with Crippen LogP contribution < -0.4 is 10.6 Å². The number of amides is 2. The van der Waals surface area contributed by atoms with E-state index in [-0.39, 0.29) is 29.7 Å². The Morgan fingerprint density at radius 3 is 2.73 bits per heavy atom. The Kier molecular flexibility index (Phi) is 4.20.